The quantitative estimate of drug-likeness (QED) is 0.617. The van der Waals surface area contributed by atoms with E-state index in [1.54, 1.807) is 6.07 Å². The molecule has 2 aromatic carbocycles. The second-order valence-corrected chi connectivity index (χ2v) is 7.15. The molecular formula is C22H15F5N4O. The number of amides is 1. The lowest BCUT2D eigenvalue weighted by atomic mass is 9.83. The summed E-state index contributed by atoms with van der Waals surface area (Å²) in [5.74, 6) is -2.77. The van der Waals surface area contributed by atoms with Gasteiger partial charge in [0.05, 0.1) is 11.3 Å². The van der Waals surface area contributed by atoms with E-state index in [1.165, 1.54) is 37.4 Å². The Morgan fingerprint density at radius 2 is 1.72 bits per heavy atom. The average molecular weight is 446 g/mol. The third-order valence-corrected chi connectivity index (χ3v) is 5.24. The van der Waals surface area contributed by atoms with Gasteiger partial charge in [-0.25, -0.2) is 13.8 Å². The number of halogens is 5. The summed E-state index contributed by atoms with van der Waals surface area (Å²) < 4.78 is 69.5. The minimum absolute atomic E-state index is 0.108. The summed E-state index contributed by atoms with van der Waals surface area (Å²) in [4.78, 5) is 22.1. The fraction of sp³-hybridized carbons (Fsp3) is 0.136. The van der Waals surface area contributed by atoms with Crippen molar-refractivity contribution in [3.05, 3.63) is 89.2 Å². The summed E-state index contributed by atoms with van der Waals surface area (Å²) in [6.07, 6.45) is -3.88. The number of aromatic nitrogens is 1. The van der Waals surface area contributed by atoms with Crippen molar-refractivity contribution >= 4 is 11.9 Å². The van der Waals surface area contributed by atoms with Crippen molar-refractivity contribution in [2.24, 2.45) is 10.7 Å². The number of nitrogens with zero attached hydrogens (tertiary/aromatic N) is 3. The van der Waals surface area contributed by atoms with E-state index in [4.69, 9.17) is 5.73 Å². The van der Waals surface area contributed by atoms with Crippen LogP contribution in [0.5, 0.6) is 0 Å². The van der Waals surface area contributed by atoms with Crippen molar-refractivity contribution in [3.63, 3.8) is 0 Å². The molecule has 0 aliphatic carbocycles. The van der Waals surface area contributed by atoms with Crippen LogP contribution in [0.2, 0.25) is 0 Å². The summed E-state index contributed by atoms with van der Waals surface area (Å²) in [6.45, 7) is 0. The van der Waals surface area contributed by atoms with Gasteiger partial charge in [-0.1, -0.05) is 24.3 Å². The van der Waals surface area contributed by atoms with Crippen molar-refractivity contribution < 1.29 is 26.7 Å². The van der Waals surface area contributed by atoms with Gasteiger partial charge in [0.15, 0.2) is 5.96 Å². The van der Waals surface area contributed by atoms with Gasteiger partial charge >= 0.3 is 6.18 Å². The molecule has 32 heavy (non-hydrogen) atoms. The number of carbonyl (C=O) groups excluding carboxylic acids is 1. The normalized spacial score (nSPS) is 18.8. The van der Waals surface area contributed by atoms with Gasteiger partial charge in [0.25, 0.3) is 5.91 Å². The first kappa shape index (κ1) is 21.4. The Balaban J connectivity index is 2.02. The van der Waals surface area contributed by atoms with Gasteiger partial charge in [-0.05, 0) is 35.9 Å². The number of hydrogen-bond acceptors (Lipinski definition) is 4. The number of likely N-dealkylation sites (N-methyl/N-ethyl adjacent to an activating group) is 1. The highest BCUT2D eigenvalue weighted by molar-refractivity contribution is 6.08. The molecule has 0 spiro atoms. The van der Waals surface area contributed by atoms with Crippen LogP contribution in [0.1, 0.15) is 16.8 Å². The van der Waals surface area contributed by atoms with Crippen LogP contribution in [-0.4, -0.2) is 28.8 Å². The van der Waals surface area contributed by atoms with Crippen molar-refractivity contribution in [2.75, 3.05) is 7.05 Å². The van der Waals surface area contributed by atoms with Crippen LogP contribution in [0.25, 0.3) is 11.1 Å². The van der Waals surface area contributed by atoms with Gasteiger partial charge in [0.2, 0.25) is 5.54 Å². The maximum absolute atomic E-state index is 15.1. The van der Waals surface area contributed by atoms with Crippen LogP contribution in [0, 0.1) is 11.6 Å². The second-order valence-electron chi connectivity index (χ2n) is 7.15. The Kier molecular flexibility index (Phi) is 4.95. The Morgan fingerprint density at radius 3 is 2.34 bits per heavy atom. The molecule has 3 aromatic rings. The SMILES string of the molecule is CN1C(=O)C(c2cc(C(F)(F)F)ccn2)(c2cc(-c3ccccc3F)ccc2F)N=C1N. The van der Waals surface area contributed by atoms with Crippen LogP contribution in [-0.2, 0) is 16.5 Å². The molecule has 5 nitrogen and oxygen atoms in total. The molecule has 1 unspecified atom stereocenters. The van der Waals surface area contributed by atoms with Crippen LogP contribution in [0.3, 0.4) is 0 Å². The number of hydrogen-bond donors (Lipinski definition) is 1. The Hall–Kier alpha value is -3.82. The summed E-state index contributed by atoms with van der Waals surface area (Å²) >= 11 is 0. The molecule has 2 N–H and O–H groups in total. The maximum atomic E-state index is 15.1. The molecule has 2 heterocycles. The maximum Gasteiger partial charge on any atom is 0.416 e. The molecule has 1 atom stereocenters. The number of benzene rings is 2. The number of alkyl halides is 3. The van der Waals surface area contributed by atoms with Gasteiger partial charge < -0.3 is 5.73 Å². The predicted molar refractivity (Wildman–Crippen MR) is 106 cm³/mol. The average Bonchev–Trinajstić information content (AvgIpc) is 2.99. The van der Waals surface area contributed by atoms with Crippen LogP contribution in [0.4, 0.5) is 22.0 Å². The third kappa shape index (κ3) is 3.28. The first-order chi connectivity index (χ1) is 15.1. The molecule has 1 aliphatic heterocycles. The minimum atomic E-state index is -4.74. The van der Waals surface area contributed by atoms with E-state index in [2.05, 4.69) is 9.98 Å². The molecule has 0 saturated heterocycles. The number of carbonyl (C=O) groups is 1. The lowest BCUT2D eigenvalue weighted by molar-refractivity contribution is -0.138. The van der Waals surface area contributed by atoms with Gasteiger partial charge in [0.1, 0.15) is 11.6 Å². The molecule has 164 valence electrons. The summed E-state index contributed by atoms with van der Waals surface area (Å²) in [5.41, 5.74) is 1.82. The zero-order chi connectivity index (χ0) is 23.3. The Labute approximate surface area is 179 Å². The molecule has 1 amide bonds. The van der Waals surface area contributed by atoms with E-state index in [0.717, 1.165) is 23.2 Å². The first-order valence-corrected chi connectivity index (χ1v) is 9.28. The molecule has 0 radical (unpaired) electrons. The standard InChI is InChI=1S/C22H15F5N4O/c1-31-19(32)21(30-20(31)28,18-11-13(8-9-29-18)22(25,26)27)15-10-12(6-7-17(15)24)14-4-2-3-5-16(14)23/h2-11H,1H3,(H2,28,30). The highest BCUT2D eigenvalue weighted by atomic mass is 19.4. The zero-order valence-corrected chi connectivity index (χ0v) is 16.5. The van der Waals surface area contributed by atoms with Crippen LogP contribution >= 0.6 is 0 Å². The van der Waals surface area contributed by atoms with Crippen molar-refractivity contribution in [1.29, 1.82) is 0 Å². The van der Waals surface area contributed by atoms with E-state index in [1.807, 2.05) is 0 Å². The number of pyridine rings is 1. The molecule has 10 heteroatoms. The van der Waals surface area contributed by atoms with Crippen molar-refractivity contribution in [1.82, 2.24) is 9.88 Å². The van der Waals surface area contributed by atoms with Crippen molar-refractivity contribution in [3.8, 4) is 11.1 Å². The second kappa shape index (κ2) is 7.40. The first-order valence-electron chi connectivity index (χ1n) is 9.28. The van der Waals surface area contributed by atoms with Gasteiger partial charge in [0, 0.05) is 24.4 Å². The molecule has 1 aliphatic rings. The third-order valence-electron chi connectivity index (χ3n) is 5.24. The lowest BCUT2D eigenvalue weighted by Gasteiger charge is -2.26. The number of rotatable bonds is 3. The van der Waals surface area contributed by atoms with E-state index in [-0.39, 0.29) is 17.1 Å². The summed E-state index contributed by atoms with van der Waals surface area (Å²) in [6, 6.07) is 10.5. The summed E-state index contributed by atoms with van der Waals surface area (Å²) in [7, 11) is 1.26. The smallest absolute Gasteiger partial charge is 0.369 e. The van der Waals surface area contributed by atoms with E-state index < -0.39 is 46.1 Å². The van der Waals surface area contributed by atoms with E-state index >= 15 is 4.39 Å². The Bertz CT molecular complexity index is 1260. The molecule has 0 saturated carbocycles. The predicted octanol–water partition coefficient (Wildman–Crippen LogP) is 4.08. The molecule has 4 rings (SSSR count). The number of guanidine groups is 1. The molecule has 0 fully saturated rings. The highest BCUT2D eigenvalue weighted by Crippen LogP contribution is 2.42. The van der Waals surface area contributed by atoms with Crippen LogP contribution in [0.15, 0.2) is 65.8 Å². The van der Waals surface area contributed by atoms with Crippen molar-refractivity contribution in [2.45, 2.75) is 11.7 Å². The fourth-order valence-corrected chi connectivity index (χ4v) is 3.59. The van der Waals surface area contributed by atoms with Gasteiger partial charge in [-0.3, -0.25) is 14.7 Å². The Morgan fingerprint density at radius 1 is 1.00 bits per heavy atom. The summed E-state index contributed by atoms with van der Waals surface area (Å²) in [5, 5.41) is 0. The van der Waals surface area contributed by atoms with Crippen LogP contribution < -0.4 is 5.73 Å². The van der Waals surface area contributed by atoms with E-state index in [9.17, 15) is 22.4 Å². The highest BCUT2D eigenvalue weighted by Gasteiger charge is 2.53. The molecule has 1 aromatic heterocycles. The van der Waals surface area contributed by atoms with Gasteiger partial charge in [-0.2, -0.15) is 13.2 Å². The topological polar surface area (TPSA) is 71.6 Å². The molecular weight excluding hydrogens is 431 g/mol. The number of aliphatic imine (C=N–C) groups is 1. The monoisotopic (exact) mass is 446 g/mol. The minimum Gasteiger partial charge on any atom is -0.369 e. The lowest BCUT2D eigenvalue weighted by Crippen LogP contribution is -2.42. The van der Waals surface area contributed by atoms with Gasteiger partial charge in [-0.15, -0.1) is 0 Å². The number of nitrogens with two attached hydrogens (primary N) is 1. The largest absolute Gasteiger partial charge is 0.416 e. The fourth-order valence-electron chi connectivity index (χ4n) is 3.59. The zero-order valence-electron chi connectivity index (χ0n) is 16.5. The van der Waals surface area contributed by atoms with E-state index in [0.29, 0.717) is 6.07 Å². The molecule has 0 bridgehead atoms.